The SMILES string of the molecule is CCN(C=CC(=O)c1ccc(-c2ccccc2)cc1)CC. The van der Waals surface area contributed by atoms with Crippen LogP contribution in [0.15, 0.2) is 66.9 Å². The van der Waals surface area contributed by atoms with Gasteiger partial charge in [0.1, 0.15) is 0 Å². The molecule has 0 unspecified atom stereocenters. The molecule has 0 saturated heterocycles. The molecular formula is C19H21NO. The summed E-state index contributed by atoms with van der Waals surface area (Å²) in [5, 5.41) is 0. The summed E-state index contributed by atoms with van der Waals surface area (Å²) in [5.74, 6) is 0.0431. The Balaban J connectivity index is 2.10. The highest BCUT2D eigenvalue weighted by atomic mass is 16.1. The van der Waals surface area contributed by atoms with Crippen LogP contribution in [-0.2, 0) is 0 Å². The second-order valence-corrected chi connectivity index (χ2v) is 4.84. The first-order chi connectivity index (χ1) is 10.2. The van der Waals surface area contributed by atoms with Crippen molar-refractivity contribution in [2.45, 2.75) is 13.8 Å². The molecule has 0 atom stereocenters. The Hall–Kier alpha value is -2.35. The fourth-order valence-corrected chi connectivity index (χ4v) is 2.16. The van der Waals surface area contributed by atoms with Crippen LogP contribution < -0.4 is 0 Å². The van der Waals surface area contributed by atoms with Crippen LogP contribution in [0.3, 0.4) is 0 Å². The molecule has 2 nitrogen and oxygen atoms in total. The molecule has 21 heavy (non-hydrogen) atoms. The Morgan fingerprint density at radius 1 is 0.905 bits per heavy atom. The number of benzene rings is 2. The van der Waals surface area contributed by atoms with Gasteiger partial charge in [-0.3, -0.25) is 4.79 Å². The van der Waals surface area contributed by atoms with Gasteiger partial charge in [-0.15, -0.1) is 0 Å². The zero-order chi connectivity index (χ0) is 15.1. The Labute approximate surface area is 126 Å². The molecule has 2 aromatic rings. The first-order valence-corrected chi connectivity index (χ1v) is 7.36. The molecule has 0 fully saturated rings. The van der Waals surface area contributed by atoms with Gasteiger partial charge in [0.15, 0.2) is 5.78 Å². The van der Waals surface area contributed by atoms with E-state index in [1.807, 2.05) is 48.7 Å². The van der Waals surface area contributed by atoms with Crippen molar-refractivity contribution < 1.29 is 4.79 Å². The quantitative estimate of drug-likeness (QED) is 0.577. The molecule has 0 aliphatic heterocycles. The molecule has 108 valence electrons. The Kier molecular flexibility index (Phi) is 5.33. The summed E-state index contributed by atoms with van der Waals surface area (Å²) < 4.78 is 0. The molecule has 2 heteroatoms. The first-order valence-electron chi connectivity index (χ1n) is 7.36. The summed E-state index contributed by atoms with van der Waals surface area (Å²) in [4.78, 5) is 14.2. The summed E-state index contributed by atoms with van der Waals surface area (Å²) in [5.41, 5.74) is 3.01. The highest BCUT2D eigenvalue weighted by Crippen LogP contribution is 2.19. The topological polar surface area (TPSA) is 20.3 Å². The third kappa shape index (κ3) is 4.06. The molecule has 2 aromatic carbocycles. The van der Waals surface area contributed by atoms with E-state index in [2.05, 4.69) is 30.9 Å². The monoisotopic (exact) mass is 279 g/mol. The van der Waals surface area contributed by atoms with Gasteiger partial charge in [-0.2, -0.15) is 0 Å². The summed E-state index contributed by atoms with van der Waals surface area (Å²) >= 11 is 0. The van der Waals surface area contributed by atoms with Gasteiger partial charge in [-0.05, 0) is 25.0 Å². The van der Waals surface area contributed by atoms with E-state index in [4.69, 9.17) is 0 Å². The van der Waals surface area contributed by atoms with Crippen LogP contribution in [0.1, 0.15) is 24.2 Å². The van der Waals surface area contributed by atoms with Crippen molar-refractivity contribution >= 4 is 5.78 Å². The second-order valence-electron chi connectivity index (χ2n) is 4.84. The number of hydrogen-bond acceptors (Lipinski definition) is 2. The lowest BCUT2D eigenvalue weighted by molar-refractivity contribution is 0.104. The number of rotatable bonds is 6. The minimum Gasteiger partial charge on any atom is -0.378 e. The standard InChI is InChI=1S/C19H21NO/c1-3-20(4-2)15-14-19(21)18-12-10-17(11-13-18)16-8-6-5-7-9-16/h5-15H,3-4H2,1-2H3. The van der Waals surface area contributed by atoms with Crippen LogP contribution >= 0.6 is 0 Å². The van der Waals surface area contributed by atoms with E-state index < -0.39 is 0 Å². The van der Waals surface area contributed by atoms with Gasteiger partial charge in [-0.25, -0.2) is 0 Å². The maximum Gasteiger partial charge on any atom is 0.187 e. The number of nitrogens with zero attached hydrogens (tertiary/aromatic N) is 1. The smallest absolute Gasteiger partial charge is 0.187 e. The largest absolute Gasteiger partial charge is 0.378 e. The predicted molar refractivity (Wildman–Crippen MR) is 88.3 cm³/mol. The minimum atomic E-state index is 0.0431. The highest BCUT2D eigenvalue weighted by Gasteiger charge is 2.03. The van der Waals surface area contributed by atoms with Gasteiger partial charge >= 0.3 is 0 Å². The van der Waals surface area contributed by atoms with Crippen molar-refractivity contribution in [3.8, 4) is 11.1 Å². The molecule has 0 radical (unpaired) electrons. The predicted octanol–water partition coefficient (Wildman–Crippen LogP) is 4.39. The lowest BCUT2D eigenvalue weighted by Crippen LogP contribution is -2.15. The second kappa shape index (κ2) is 7.44. The summed E-state index contributed by atoms with van der Waals surface area (Å²) in [6.07, 6.45) is 3.51. The maximum absolute atomic E-state index is 12.1. The number of carbonyl (C=O) groups is 1. The Morgan fingerprint density at radius 2 is 1.48 bits per heavy atom. The maximum atomic E-state index is 12.1. The van der Waals surface area contributed by atoms with Crippen LogP contribution in [0.2, 0.25) is 0 Å². The van der Waals surface area contributed by atoms with Crippen molar-refractivity contribution in [1.29, 1.82) is 0 Å². The third-order valence-electron chi connectivity index (χ3n) is 3.53. The van der Waals surface area contributed by atoms with Gasteiger partial charge < -0.3 is 4.90 Å². The van der Waals surface area contributed by atoms with E-state index in [9.17, 15) is 4.79 Å². The van der Waals surface area contributed by atoms with Crippen molar-refractivity contribution in [3.63, 3.8) is 0 Å². The lowest BCUT2D eigenvalue weighted by Gasteiger charge is -2.14. The number of carbonyl (C=O) groups excluding carboxylic acids is 1. The van der Waals surface area contributed by atoms with Gasteiger partial charge in [0.2, 0.25) is 0 Å². The minimum absolute atomic E-state index is 0.0431. The molecule has 2 rings (SSSR count). The lowest BCUT2D eigenvalue weighted by atomic mass is 10.0. The van der Waals surface area contributed by atoms with Crippen molar-refractivity contribution in [1.82, 2.24) is 4.90 Å². The van der Waals surface area contributed by atoms with E-state index in [1.165, 1.54) is 0 Å². The van der Waals surface area contributed by atoms with E-state index in [0.29, 0.717) is 0 Å². The molecule has 0 heterocycles. The van der Waals surface area contributed by atoms with Crippen LogP contribution in [0.25, 0.3) is 11.1 Å². The number of allylic oxidation sites excluding steroid dienone is 1. The summed E-state index contributed by atoms with van der Waals surface area (Å²) in [6.45, 7) is 5.97. The molecule has 0 aromatic heterocycles. The van der Waals surface area contributed by atoms with E-state index in [1.54, 1.807) is 6.08 Å². The van der Waals surface area contributed by atoms with E-state index in [-0.39, 0.29) is 5.78 Å². The third-order valence-corrected chi connectivity index (χ3v) is 3.53. The Bertz CT molecular complexity index is 595. The molecule has 0 aliphatic rings. The van der Waals surface area contributed by atoms with E-state index in [0.717, 1.165) is 29.8 Å². The van der Waals surface area contributed by atoms with Crippen molar-refractivity contribution in [2.24, 2.45) is 0 Å². The van der Waals surface area contributed by atoms with Crippen LogP contribution in [0, 0.1) is 0 Å². The zero-order valence-corrected chi connectivity index (χ0v) is 12.6. The van der Waals surface area contributed by atoms with Crippen molar-refractivity contribution in [2.75, 3.05) is 13.1 Å². The first kappa shape index (κ1) is 15.0. The molecule has 0 amide bonds. The average Bonchev–Trinajstić information content (AvgIpc) is 2.56. The molecule has 0 spiro atoms. The van der Waals surface area contributed by atoms with Crippen LogP contribution in [0.4, 0.5) is 0 Å². The van der Waals surface area contributed by atoms with Gasteiger partial charge in [0.25, 0.3) is 0 Å². The summed E-state index contributed by atoms with van der Waals surface area (Å²) in [7, 11) is 0. The fourth-order valence-electron chi connectivity index (χ4n) is 2.16. The van der Waals surface area contributed by atoms with Gasteiger partial charge in [0.05, 0.1) is 0 Å². The van der Waals surface area contributed by atoms with Crippen LogP contribution in [0.5, 0.6) is 0 Å². The average molecular weight is 279 g/mol. The summed E-state index contributed by atoms with van der Waals surface area (Å²) in [6, 6.07) is 17.9. The van der Waals surface area contributed by atoms with E-state index >= 15 is 0 Å². The fraction of sp³-hybridized carbons (Fsp3) is 0.211. The van der Waals surface area contributed by atoms with Crippen LogP contribution in [-0.4, -0.2) is 23.8 Å². The normalized spacial score (nSPS) is 10.8. The molecule has 0 saturated carbocycles. The Morgan fingerprint density at radius 3 is 2.05 bits per heavy atom. The highest BCUT2D eigenvalue weighted by molar-refractivity contribution is 6.04. The molecular weight excluding hydrogens is 258 g/mol. The zero-order valence-electron chi connectivity index (χ0n) is 12.6. The van der Waals surface area contributed by atoms with Gasteiger partial charge in [-0.1, -0.05) is 54.6 Å². The molecule has 0 bridgehead atoms. The van der Waals surface area contributed by atoms with Gasteiger partial charge in [0, 0.05) is 30.9 Å². The molecule has 0 N–H and O–H groups in total. The number of ketones is 1. The number of hydrogen-bond donors (Lipinski definition) is 0. The molecule has 0 aliphatic carbocycles. The van der Waals surface area contributed by atoms with Crippen molar-refractivity contribution in [3.05, 3.63) is 72.4 Å².